The van der Waals surface area contributed by atoms with Crippen molar-refractivity contribution in [3.63, 3.8) is 0 Å². The van der Waals surface area contributed by atoms with Crippen molar-refractivity contribution in [1.82, 2.24) is 10.4 Å². The Hall–Kier alpha value is -3.51. The van der Waals surface area contributed by atoms with Crippen LogP contribution >= 0.6 is 11.6 Å². The Morgan fingerprint density at radius 3 is 2.70 bits per heavy atom. The Morgan fingerprint density at radius 1 is 1.07 bits per heavy atom. The molecule has 3 aromatic rings. The van der Waals surface area contributed by atoms with Crippen LogP contribution in [-0.4, -0.2) is 23.1 Å². The zero-order valence-electron chi connectivity index (χ0n) is 14.0. The molecule has 2 aromatic carbocycles. The molecule has 1 aromatic heterocycles. The van der Waals surface area contributed by atoms with Gasteiger partial charge < -0.3 is 4.74 Å². The van der Waals surface area contributed by atoms with E-state index in [-0.39, 0.29) is 11.5 Å². The lowest BCUT2D eigenvalue weighted by Crippen LogP contribution is -2.17. The number of esters is 1. The number of carbonyl (C=O) groups excluding carboxylic acids is 2. The number of pyridine rings is 1. The van der Waals surface area contributed by atoms with Crippen molar-refractivity contribution in [2.75, 3.05) is 0 Å². The zero-order valence-corrected chi connectivity index (χ0v) is 14.8. The molecule has 0 bridgehead atoms. The number of nitrogens with zero attached hydrogens (tertiary/aromatic N) is 2. The van der Waals surface area contributed by atoms with Crippen molar-refractivity contribution in [2.45, 2.75) is 0 Å². The van der Waals surface area contributed by atoms with Crippen LogP contribution in [0.5, 0.6) is 5.75 Å². The monoisotopic (exact) mass is 379 g/mol. The smallest absolute Gasteiger partial charge is 0.345 e. The van der Waals surface area contributed by atoms with Crippen molar-refractivity contribution >= 4 is 29.7 Å². The number of benzene rings is 2. The largest absolute Gasteiger partial charge is 0.423 e. The van der Waals surface area contributed by atoms with Crippen LogP contribution in [0.2, 0.25) is 5.02 Å². The standard InChI is InChI=1S/C20H14ClN3O3/c21-18-9-2-1-8-17(18)20(26)27-16-7-3-5-14(11-16)12-23-24-19(25)15-6-4-10-22-13-15/h1-13H,(H,24,25). The van der Waals surface area contributed by atoms with E-state index in [0.717, 1.165) is 0 Å². The van der Waals surface area contributed by atoms with Crippen LogP contribution in [0.15, 0.2) is 78.2 Å². The fourth-order valence-corrected chi connectivity index (χ4v) is 2.39. The van der Waals surface area contributed by atoms with E-state index in [1.165, 1.54) is 12.4 Å². The Bertz CT molecular complexity index is 991. The maximum atomic E-state index is 12.2. The minimum atomic E-state index is -0.556. The van der Waals surface area contributed by atoms with Crippen LogP contribution < -0.4 is 10.2 Å². The first-order valence-electron chi connectivity index (χ1n) is 7.94. The molecular formula is C20H14ClN3O3. The van der Waals surface area contributed by atoms with Gasteiger partial charge in [0.05, 0.1) is 22.4 Å². The minimum absolute atomic E-state index is 0.280. The van der Waals surface area contributed by atoms with Gasteiger partial charge in [0.15, 0.2) is 0 Å². The maximum absolute atomic E-state index is 12.2. The molecule has 6 nitrogen and oxygen atoms in total. The highest BCUT2D eigenvalue weighted by atomic mass is 35.5. The molecule has 0 spiro atoms. The van der Waals surface area contributed by atoms with Crippen LogP contribution in [0.1, 0.15) is 26.3 Å². The Labute approximate surface area is 160 Å². The first-order chi connectivity index (χ1) is 13.1. The van der Waals surface area contributed by atoms with E-state index >= 15 is 0 Å². The molecule has 1 amide bonds. The van der Waals surface area contributed by atoms with Crippen LogP contribution in [0, 0.1) is 0 Å². The molecular weight excluding hydrogens is 366 g/mol. The number of halogens is 1. The van der Waals surface area contributed by atoms with Gasteiger partial charge in [0.1, 0.15) is 5.75 Å². The molecule has 0 unspecified atom stereocenters. The highest BCUT2D eigenvalue weighted by Crippen LogP contribution is 2.19. The maximum Gasteiger partial charge on any atom is 0.345 e. The predicted octanol–water partition coefficient (Wildman–Crippen LogP) is 3.72. The highest BCUT2D eigenvalue weighted by Gasteiger charge is 2.12. The van der Waals surface area contributed by atoms with Crippen LogP contribution in [-0.2, 0) is 0 Å². The van der Waals surface area contributed by atoms with Crippen LogP contribution in [0.25, 0.3) is 0 Å². The van der Waals surface area contributed by atoms with Crippen LogP contribution in [0.3, 0.4) is 0 Å². The van der Waals surface area contributed by atoms with Gasteiger partial charge in [-0.25, -0.2) is 10.2 Å². The van der Waals surface area contributed by atoms with Crippen molar-refractivity contribution in [3.8, 4) is 5.75 Å². The van der Waals surface area contributed by atoms with Gasteiger partial charge >= 0.3 is 5.97 Å². The summed E-state index contributed by atoms with van der Waals surface area (Å²) in [5.74, 6) is -0.595. The van der Waals surface area contributed by atoms with E-state index in [9.17, 15) is 9.59 Å². The summed E-state index contributed by atoms with van der Waals surface area (Å²) in [4.78, 5) is 28.0. The summed E-state index contributed by atoms with van der Waals surface area (Å²) < 4.78 is 5.34. The second-order valence-electron chi connectivity index (χ2n) is 5.38. The Morgan fingerprint density at radius 2 is 1.93 bits per heavy atom. The van der Waals surface area contributed by atoms with Gasteiger partial charge in [-0.1, -0.05) is 35.9 Å². The summed E-state index contributed by atoms with van der Waals surface area (Å²) in [7, 11) is 0. The molecule has 3 rings (SSSR count). The third kappa shape index (κ3) is 4.99. The lowest BCUT2D eigenvalue weighted by atomic mass is 10.2. The van der Waals surface area contributed by atoms with Gasteiger partial charge in [0.25, 0.3) is 5.91 Å². The number of carbonyl (C=O) groups is 2. The number of hydrogen-bond acceptors (Lipinski definition) is 5. The first kappa shape index (κ1) is 18.3. The normalized spacial score (nSPS) is 10.6. The summed E-state index contributed by atoms with van der Waals surface area (Å²) in [6.45, 7) is 0. The summed E-state index contributed by atoms with van der Waals surface area (Å²) in [6.07, 6.45) is 4.47. The quantitative estimate of drug-likeness (QED) is 0.317. The van der Waals surface area contributed by atoms with E-state index in [1.54, 1.807) is 66.9 Å². The van der Waals surface area contributed by atoms with Gasteiger partial charge in [0, 0.05) is 12.4 Å². The SMILES string of the molecule is O=C(NN=Cc1cccc(OC(=O)c2ccccc2Cl)c1)c1cccnc1. The Kier molecular flexibility index (Phi) is 5.91. The summed E-state index contributed by atoms with van der Waals surface area (Å²) in [5, 5.41) is 4.21. The average molecular weight is 380 g/mol. The van der Waals surface area contributed by atoms with E-state index in [4.69, 9.17) is 16.3 Å². The molecule has 0 aliphatic carbocycles. The van der Waals surface area contributed by atoms with Crippen molar-refractivity contribution in [3.05, 3.63) is 94.8 Å². The molecule has 1 N–H and O–H groups in total. The lowest BCUT2D eigenvalue weighted by Gasteiger charge is -2.06. The van der Waals surface area contributed by atoms with Gasteiger partial charge in [-0.3, -0.25) is 9.78 Å². The third-order valence-corrected chi connectivity index (χ3v) is 3.80. The number of aromatic nitrogens is 1. The van der Waals surface area contributed by atoms with Gasteiger partial charge in [0.2, 0.25) is 0 Å². The van der Waals surface area contributed by atoms with Crippen LogP contribution in [0.4, 0.5) is 0 Å². The second kappa shape index (κ2) is 8.73. The molecule has 7 heteroatoms. The van der Waals surface area contributed by atoms with E-state index < -0.39 is 5.97 Å². The van der Waals surface area contributed by atoms with Gasteiger partial charge in [-0.15, -0.1) is 0 Å². The predicted molar refractivity (Wildman–Crippen MR) is 102 cm³/mol. The number of ether oxygens (including phenoxy) is 1. The van der Waals surface area contributed by atoms with E-state index in [2.05, 4.69) is 15.5 Å². The number of hydrazone groups is 1. The topological polar surface area (TPSA) is 80.6 Å². The summed E-state index contributed by atoms with van der Waals surface area (Å²) >= 11 is 6.00. The number of rotatable bonds is 5. The van der Waals surface area contributed by atoms with Crippen molar-refractivity contribution < 1.29 is 14.3 Å². The van der Waals surface area contributed by atoms with Gasteiger partial charge in [-0.2, -0.15) is 5.10 Å². The first-order valence-corrected chi connectivity index (χ1v) is 8.31. The molecule has 0 saturated heterocycles. The molecule has 0 aliphatic rings. The molecule has 27 heavy (non-hydrogen) atoms. The Balaban J connectivity index is 1.64. The van der Waals surface area contributed by atoms with Crippen molar-refractivity contribution in [1.29, 1.82) is 0 Å². The fraction of sp³-hybridized carbons (Fsp3) is 0. The molecule has 0 atom stereocenters. The fourth-order valence-electron chi connectivity index (χ4n) is 2.17. The summed E-state index contributed by atoms with van der Waals surface area (Å²) in [6, 6.07) is 16.7. The zero-order chi connectivity index (χ0) is 19.1. The van der Waals surface area contributed by atoms with E-state index in [1.807, 2.05) is 0 Å². The number of amides is 1. The van der Waals surface area contributed by atoms with E-state index in [0.29, 0.717) is 21.9 Å². The molecule has 0 radical (unpaired) electrons. The average Bonchev–Trinajstić information content (AvgIpc) is 2.69. The van der Waals surface area contributed by atoms with Crippen molar-refractivity contribution in [2.24, 2.45) is 5.10 Å². The molecule has 1 heterocycles. The lowest BCUT2D eigenvalue weighted by molar-refractivity contribution is 0.0734. The molecule has 0 saturated carbocycles. The number of nitrogens with one attached hydrogen (secondary N) is 1. The molecule has 0 aliphatic heterocycles. The summed E-state index contributed by atoms with van der Waals surface area (Å²) in [5.41, 5.74) is 3.73. The second-order valence-corrected chi connectivity index (χ2v) is 5.79. The minimum Gasteiger partial charge on any atom is -0.423 e. The molecule has 0 fully saturated rings. The molecule has 134 valence electrons. The third-order valence-electron chi connectivity index (χ3n) is 3.47. The highest BCUT2D eigenvalue weighted by molar-refractivity contribution is 6.33. The number of hydrogen-bond donors (Lipinski definition) is 1. The van der Waals surface area contributed by atoms with Gasteiger partial charge in [-0.05, 0) is 42.0 Å².